The van der Waals surface area contributed by atoms with Gasteiger partial charge in [-0.1, -0.05) is 0 Å². The Morgan fingerprint density at radius 1 is 1.53 bits per heavy atom. The van der Waals surface area contributed by atoms with Gasteiger partial charge >= 0.3 is 5.69 Å². The summed E-state index contributed by atoms with van der Waals surface area (Å²) in [6, 6.07) is 0. The number of hydrogen-bond donors (Lipinski definition) is 1. The molecule has 1 aromatic heterocycles. The topological polar surface area (TPSA) is 90.2 Å². The number of nitrogens with one attached hydrogen (secondary N) is 1. The van der Waals surface area contributed by atoms with E-state index in [1.807, 2.05) is 0 Å². The lowest BCUT2D eigenvalue weighted by Gasteiger charge is -2.08. The molecule has 0 bridgehead atoms. The molecule has 0 unspecified atom stereocenters. The summed E-state index contributed by atoms with van der Waals surface area (Å²) in [5.41, 5.74) is 0.0954. The maximum atomic E-state index is 11.0. The molecule has 0 spiro atoms. The molecule has 7 nitrogen and oxygen atoms in total. The summed E-state index contributed by atoms with van der Waals surface area (Å²) < 4.78 is 5.43. The Morgan fingerprint density at radius 3 is 2.89 bits per heavy atom. The summed E-state index contributed by atoms with van der Waals surface area (Å²) in [6.45, 7) is 3.21. The highest BCUT2D eigenvalue weighted by molar-refractivity contribution is 6.28. The van der Waals surface area contributed by atoms with Crippen molar-refractivity contribution in [2.75, 3.05) is 25.1 Å². The Kier molecular flexibility index (Phi) is 4.49. The molecule has 0 saturated heterocycles. The van der Waals surface area contributed by atoms with Crippen molar-refractivity contribution >= 4 is 23.1 Å². The zero-order valence-corrected chi connectivity index (χ0v) is 11.3. The first kappa shape index (κ1) is 14.0. The average Bonchev–Trinajstić information content (AvgIpc) is 3.10. The van der Waals surface area contributed by atoms with Crippen molar-refractivity contribution in [1.29, 1.82) is 0 Å². The zero-order chi connectivity index (χ0) is 13.8. The Morgan fingerprint density at radius 2 is 2.26 bits per heavy atom. The van der Waals surface area contributed by atoms with Gasteiger partial charge in [-0.25, -0.2) is 4.98 Å². The van der Waals surface area contributed by atoms with Gasteiger partial charge in [0.05, 0.1) is 11.5 Å². The molecule has 1 fully saturated rings. The predicted octanol–water partition coefficient (Wildman–Crippen LogP) is 2.19. The lowest BCUT2D eigenvalue weighted by Crippen LogP contribution is -2.13. The van der Waals surface area contributed by atoms with E-state index in [9.17, 15) is 10.1 Å². The van der Waals surface area contributed by atoms with Gasteiger partial charge in [0.2, 0.25) is 11.1 Å². The minimum Gasteiger partial charge on any atom is -0.379 e. The van der Waals surface area contributed by atoms with Crippen LogP contribution in [0.5, 0.6) is 0 Å². The number of anilines is 1. The average molecular weight is 287 g/mol. The Balaban J connectivity index is 1.91. The lowest BCUT2D eigenvalue weighted by atomic mass is 10.3. The first-order valence-corrected chi connectivity index (χ1v) is 6.46. The molecule has 1 aliphatic carbocycles. The van der Waals surface area contributed by atoms with Crippen LogP contribution in [0, 0.1) is 23.0 Å². The fraction of sp³-hybridized carbons (Fsp3) is 0.636. The Hall–Kier alpha value is -1.47. The molecule has 0 aliphatic heterocycles. The van der Waals surface area contributed by atoms with Crippen molar-refractivity contribution in [2.45, 2.75) is 19.8 Å². The molecule has 1 aromatic rings. The Bertz CT molecular complexity index is 479. The van der Waals surface area contributed by atoms with Crippen LogP contribution in [0.1, 0.15) is 18.5 Å². The van der Waals surface area contributed by atoms with Crippen LogP contribution in [0.3, 0.4) is 0 Å². The molecule has 0 aromatic carbocycles. The maximum absolute atomic E-state index is 11.0. The minimum atomic E-state index is -0.515. The van der Waals surface area contributed by atoms with Gasteiger partial charge in [0.15, 0.2) is 0 Å². The van der Waals surface area contributed by atoms with Crippen molar-refractivity contribution in [2.24, 2.45) is 5.92 Å². The number of halogens is 1. The maximum Gasteiger partial charge on any atom is 0.332 e. The third-order valence-electron chi connectivity index (χ3n) is 2.80. The zero-order valence-electron chi connectivity index (χ0n) is 10.6. The molecule has 0 atom stereocenters. The first-order valence-electron chi connectivity index (χ1n) is 6.08. The van der Waals surface area contributed by atoms with Crippen molar-refractivity contribution in [1.82, 2.24) is 9.97 Å². The van der Waals surface area contributed by atoms with E-state index in [-0.39, 0.29) is 22.5 Å². The van der Waals surface area contributed by atoms with Crippen LogP contribution in [-0.2, 0) is 4.74 Å². The van der Waals surface area contributed by atoms with E-state index in [4.69, 9.17) is 16.3 Å². The van der Waals surface area contributed by atoms with Crippen molar-refractivity contribution in [3.05, 3.63) is 21.1 Å². The monoisotopic (exact) mass is 286 g/mol. The van der Waals surface area contributed by atoms with E-state index in [1.165, 1.54) is 19.8 Å². The fourth-order valence-corrected chi connectivity index (χ4v) is 1.86. The third kappa shape index (κ3) is 4.00. The summed E-state index contributed by atoms with van der Waals surface area (Å²) in [5, 5.41) is 13.8. The smallest absolute Gasteiger partial charge is 0.332 e. The standard InChI is InChI=1S/C11H15ClN4O3/c1-7-9(16(17)18)10(15-11(12)14-7)13-4-5-19-6-8-2-3-8/h8H,2-6H2,1H3,(H,13,14,15). The summed E-state index contributed by atoms with van der Waals surface area (Å²) in [5.74, 6) is 0.836. The van der Waals surface area contributed by atoms with Crippen LogP contribution in [-0.4, -0.2) is 34.6 Å². The van der Waals surface area contributed by atoms with Crippen LogP contribution in [0.15, 0.2) is 0 Å². The van der Waals surface area contributed by atoms with Crippen LogP contribution in [0.4, 0.5) is 11.5 Å². The summed E-state index contributed by atoms with van der Waals surface area (Å²) in [4.78, 5) is 18.1. The highest BCUT2D eigenvalue weighted by atomic mass is 35.5. The molecular weight excluding hydrogens is 272 g/mol. The van der Waals surface area contributed by atoms with Crippen molar-refractivity contribution in [3.8, 4) is 0 Å². The molecule has 19 heavy (non-hydrogen) atoms. The quantitative estimate of drug-likeness (QED) is 0.358. The first-order chi connectivity index (χ1) is 9.08. The molecule has 1 aliphatic rings. The second kappa shape index (κ2) is 6.12. The molecule has 1 heterocycles. The molecular formula is C11H15ClN4O3. The van der Waals surface area contributed by atoms with Gasteiger partial charge in [-0.2, -0.15) is 4.98 Å². The van der Waals surface area contributed by atoms with E-state index < -0.39 is 4.92 Å². The SMILES string of the molecule is Cc1nc(Cl)nc(NCCOCC2CC2)c1[N+](=O)[O-]. The van der Waals surface area contributed by atoms with Crippen LogP contribution < -0.4 is 5.32 Å². The second-order valence-corrected chi connectivity index (χ2v) is 4.82. The number of nitrogens with zero attached hydrogens (tertiary/aromatic N) is 3. The van der Waals surface area contributed by atoms with Crippen LogP contribution >= 0.6 is 11.6 Å². The minimum absolute atomic E-state index is 0.00972. The molecule has 0 radical (unpaired) electrons. The molecule has 0 amide bonds. The van der Waals surface area contributed by atoms with Crippen molar-refractivity contribution < 1.29 is 9.66 Å². The molecule has 1 saturated carbocycles. The highest BCUT2D eigenvalue weighted by Gasteiger charge is 2.22. The highest BCUT2D eigenvalue weighted by Crippen LogP contribution is 2.29. The fourth-order valence-electron chi connectivity index (χ4n) is 1.65. The summed E-state index contributed by atoms with van der Waals surface area (Å²) >= 11 is 5.70. The van der Waals surface area contributed by atoms with Crippen LogP contribution in [0.2, 0.25) is 5.28 Å². The van der Waals surface area contributed by atoms with Gasteiger partial charge in [0.1, 0.15) is 5.69 Å². The molecule has 2 rings (SSSR count). The molecule has 1 N–H and O–H groups in total. The van der Waals surface area contributed by atoms with E-state index in [2.05, 4.69) is 15.3 Å². The number of aryl methyl sites for hydroxylation is 1. The van der Waals surface area contributed by atoms with E-state index >= 15 is 0 Å². The molecule has 104 valence electrons. The number of ether oxygens (including phenoxy) is 1. The number of hydrogen-bond acceptors (Lipinski definition) is 6. The number of rotatable bonds is 7. The number of aromatic nitrogens is 2. The van der Waals surface area contributed by atoms with E-state index in [1.54, 1.807) is 0 Å². The van der Waals surface area contributed by atoms with E-state index in [0.29, 0.717) is 19.1 Å². The second-order valence-electron chi connectivity index (χ2n) is 4.48. The van der Waals surface area contributed by atoms with Gasteiger partial charge in [0.25, 0.3) is 0 Å². The summed E-state index contributed by atoms with van der Waals surface area (Å²) in [6.07, 6.45) is 2.47. The van der Waals surface area contributed by atoms with Crippen molar-refractivity contribution in [3.63, 3.8) is 0 Å². The normalized spacial score (nSPS) is 14.4. The lowest BCUT2D eigenvalue weighted by molar-refractivity contribution is -0.385. The molecule has 8 heteroatoms. The van der Waals surface area contributed by atoms with Gasteiger partial charge in [0, 0.05) is 13.2 Å². The van der Waals surface area contributed by atoms with Crippen LogP contribution in [0.25, 0.3) is 0 Å². The van der Waals surface area contributed by atoms with Gasteiger partial charge in [-0.15, -0.1) is 0 Å². The predicted molar refractivity (Wildman–Crippen MR) is 70.5 cm³/mol. The van der Waals surface area contributed by atoms with Gasteiger partial charge in [-0.05, 0) is 37.3 Å². The van der Waals surface area contributed by atoms with Gasteiger partial charge in [-0.3, -0.25) is 10.1 Å². The number of nitro groups is 1. The van der Waals surface area contributed by atoms with Gasteiger partial charge < -0.3 is 10.1 Å². The summed E-state index contributed by atoms with van der Waals surface area (Å²) in [7, 11) is 0. The van der Waals surface area contributed by atoms with E-state index in [0.717, 1.165) is 6.61 Å². The third-order valence-corrected chi connectivity index (χ3v) is 2.97. The Labute approximate surface area is 115 Å². The largest absolute Gasteiger partial charge is 0.379 e.